The molecule has 29 heavy (non-hydrogen) atoms. The van der Waals surface area contributed by atoms with Crippen molar-refractivity contribution in [2.24, 2.45) is 5.92 Å². The zero-order valence-corrected chi connectivity index (χ0v) is 16.8. The van der Waals surface area contributed by atoms with Gasteiger partial charge in [-0.25, -0.2) is 4.39 Å². The molecule has 1 saturated carbocycles. The summed E-state index contributed by atoms with van der Waals surface area (Å²) in [5.74, 6) is -0.147. The summed E-state index contributed by atoms with van der Waals surface area (Å²) in [5, 5.41) is 6.91. The molecule has 1 aromatic carbocycles. The average Bonchev–Trinajstić information content (AvgIpc) is 3.42. The molecule has 1 saturated heterocycles. The maximum absolute atomic E-state index is 13.4. The van der Waals surface area contributed by atoms with Gasteiger partial charge in [-0.1, -0.05) is 17.3 Å². The average molecular weight is 399 g/mol. The second-order valence-corrected chi connectivity index (χ2v) is 8.14. The molecule has 4 rings (SSSR count). The van der Waals surface area contributed by atoms with Crippen molar-refractivity contribution < 1.29 is 18.5 Å². The van der Waals surface area contributed by atoms with Crippen molar-refractivity contribution in [2.75, 3.05) is 13.1 Å². The lowest BCUT2D eigenvalue weighted by Gasteiger charge is -2.24. The third-order valence-corrected chi connectivity index (χ3v) is 6.19. The second-order valence-electron chi connectivity index (χ2n) is 8.14. The smallest absolute Gasteiger partial charge is 0.257 e. The van der Waals surface area contributed by atoms with Gasteiger partial charge in [0.2, 0.25) is 5.91 Å². The number of rotatable bonds is 4. The van der Waals surface area contributed by atoms with Gasteiger partial charge < -0.3 is 14.7 Å². The van der Waals surface area contributed by atoms with Gasteiger partial charge in [-0.2, -0.15) is 0 Å². The van der Waals surface area contributed by atoms with E-state index in [-0.39, 0.29) is 35.5 Å². The number of hydrogen-bond acceptors (Lipinski definition) is 4. The molecule has 3 atom stereocenters. The number of nitrogens with one attached hydrogen (secondary N) is 1. The van der Waals surface area contributed by atoms with Crippen LogP contribution >= 0.6 is 0 Å². The molecular weight excluding hydrogens is 373 g/mol. The Bertz CT molecular complexity index is 883. The molecule has 2 fully saturated rings. The van der Waals surface area contributed by atoms with Crippen molar-refractivity contribution in [2.45, 2.75) is 51.5 Å². The minimum atomic E-state index is -0.294. The molecule has 7 heteroatoms. The highest BCUT2D eigenvalue weighted by atomic mass is 19.1. The zero-order valence-electron chi connectivity index (χ0n) is 16.8. The van der Waals surface area contributed by atoms with Crippen LogP contribution < -0.4 is 5.32 Å². The van der Waals surface area contributed by atoms with Gasteiger partial charge in [0.15, 0.2) is 0 Å². The molecule has 154 valence electrons. The topological polar surface area (TPSA) is 75.4 Å². The van der Waals surface area contributed by atoms with Crippen LogP contribution in [0.1, 0.15) is 59.0 Å². The Hall–Kier alpha value is -2.70. The Morgan fingerprint density at radius 2 is 1.83 bits per heavy atom. The molecule has 2 amide bonds. The lowest BCUT2D eigenvalue weighted by atomic mass is 9.88. The Kier molecular flexibility index (Phi) is 5.39. The third kappa shape index (κ3) is 3.91. The van der Waals surface area contributed by atoms with Crippen LogP contribution in [-0.4, -0.2) is 41.0 Å². The van der Waals surface area contributed by atoms with E-state index >= 15 is 0 Å². The van der Waals surface area contributed by atoms with E-state index in [0.29, 0.717) is 29.9 Å². The quantitative estimate of drug-likeness (QED) is 0.856. The standard InChI is InChI=1S/C22H26FN3O3/c1-13-20(14(2)29-25-13)21(27)24-17-11-18(15-5-7-16(23)8-6-15)19(12-17)22(28)26-9-3-4-10-26/h5-8,17-19H,3-4,9-12H2,1-2H3,(H,24,27)/t17-,18+,19-/m0/s1. The van der Waals surface area contributed by atoms with E-state index < -0.39 is 0 Å². The third-order valence-electron chi connectivity index (χ3n) is 6.19. The number of benzene rings is 1. The van der Waals surface area contributed by atoms with Gasteiger partial charge in [0.05, 0.1) is 5.69 Å². The Labute approximate surface area is 169 Å². The van der Waals surface area contributed by atoms with Crippen molar-refractivity contribution >= 4 is 11.8 Å². The lowest BCUT2D eigenvalue weighted by Crippen LogP contribution is -2.36. The van der Waals surface area contributed by atoms with Crippen molar-refractivity contribution in [1.82, 2.24) is 15.4 Å². The number of nitrogens with zero attached hydrogens (tertiary/aromatic N) is 2. The minimum absolute atomic E-state index is 0.0429. The van der Waals surface area contributed by atoms with Crippen LogP contribution in [0, 0.1) is 25.6 Å². The Morgan fingerprint density at radius 1 is 1.14 bits per heavy atom. The maximum Gasteiger partial charge on any atom is 0.257 e. The first-order chi connectivity index (χ1) is 13.9. The predicted octanol–water partition coefficient (Wildman–Crippen LogP) is 3.35. The summed E-state index contributed by atoms with van der Waals surface area (Å²) in [7, 11) is 0. The fraction of sp³-hybridized carbons (Fsp3) is 0.500. The van der Waals surface area contributed by atoms with Crippen LogP contribution in [0.25, 0.3) is 0 Å². The molecule has 6 nitrogen and oxygen atoms in total. The van der Waals surface area contributed by atoms with Gasteiger partial charge in [-0.05, 0) is 63.1 Å². The predicted molar refractivity (Wildman–Crippen MR) is 105 cm³/mol. The maximum atomic E-state index is 13.4. The van der Waals surface area contributed by atoms with Crippen molar-refractivity contribution in [3.05, 3.63) is 52.7 Å². The second kappa shape index (κ2) is 7.97. The first-order valence-corrected chi connectivity index (χ1v) is 10.2. The van der Waals surface area contributed by atoms with Gasteiger partial charge in [-0.15, -0.1) is 0 Å². The molecule has 0 unspecified atom stereocenters. The number of carbonyl (C=O) groups excluding carboxylic acids is 2. The number of aryl methyl sites for hydroxylation is 2. The van der Waals surface area contributed by atoms with E-state index in [1.807, 2.05) is 4.90 Å². The van der Waals surface area contributed by atoms with E-state index in [1.54, 1.807) is 26.0 Å². The molecular formula is C22H26FN3O3. The molecule has 0 bridgehead atoms. The largest absolute Gasteiger partial charge is 0.361 e. The van der Waals surface area contributed by atoms with E-state index in [1.165, 1.54) is 12.1 Å². The summed E-state index contributed by atoms with van der Waals surface area (Å²) >= 11 is 0. The van der Waals surface area contributed by atoms with E-state index in [9.17, 15) is 14.0 Å². The van der Waals surface area contributed by atoms with E-state index in [2.05, 4.69) is 10.5 Å². The minimum Gasteiger partial charge on any atom is -0.361 e. The van der Waals surface area contributed by atoms with Gasteiger partial charge in [0.25, 0.3) is 5.91 Å². The number of aromatic nitrogens is 1. The summed E-state index contributed by atoms with van der Waals surface area (Å²) in [6, 6.07) is 6.24. The monoisotopic (exact) mass is 399 g/mol. The Morgan fingerprint density at radius 3 is 2.45 bits per heavy atom. The van der Waals surface area contributed by atoms with E-state index in [0.717, 1.165) is 31.5 Å². The molecule has 0 spiro atoms. The molecule has 2 aromatic rings. The van der Waals surface area contributed by atoms with Gasteiger partial charge >= 0.3 is 0 Å². The summed E-state index contributed by atoms with van der Waals surface area (Å²) < 4.78 is 18.5. The molecule has 1 aromatic heterocycles. The number of carbonyl (C=O) groups is 2. The first kappa shape index (κ1) is 19.6. The normalized spacial score (nSPS) is 24.1. The number of amides is 2. The number of hydrogen-bond donors (Lipinski definition) is 1. The van der Waals surface area contributed by atoms with Crippen LogP contribution in [0.5, 0.6) is 0 Å². The molecule has 1 aliphatic carbocycles. The highest BCUT2D eigenvalue weighted by Crippen LogP contribution is 2.41. The molecule has 1 N–H and O–H groups in total. The SMILES string of the molecule is Cc1noc(C)c1C(=O)N[C@@H]1C[C@H](C(=O)N2CCCC2)[C@@H](c2ccc(F)cc2)C1. The van der Waals surface area contributed by atoms with Crippen LogP contribution in [0.2, 0.25) is 0 Å². The lowest BCUT2D eigenvalue weighted by molar-refractivity contribution is -0.134. The van der Waals surface area contributed by atoms with Crippen molar-refractivity contribution in [3.8, 4) is 0 Å². The first-order valence-electron chi connectivity index (χ1n) is 10.2. The fourth-order valence-corrected chi connectivity index (χ4v) is 4.74. The van der Waals surface area contributed by atoms with Crippen LogP contribution in [-0.2, 0) is 4.79 Å². The zero-order chi connectivity index (χ0) is 20.5. The highest BCUT2D eigenvalue weighted by molar-refractivity contribution is 5.96. The van der Waals surface area contributed by atoms with Crippen LogP contribution in [0.3, 0.4) is 0 Å². The van der Waals surface area contributed by atoms with Crippen molar-refractivity contribution in [1.29, 1.82) is 0 Å². The molecule has 2 aliphatic rings. The van der Waals surface area contributed by atoms with Crippen LogP contribution in [0.15, 0.2) is 28.8 Å². The summed E-state index contributed by atoms with van der Waals surface area (Å²) in [6.45, 7) is 5.04. The molecule has 1 aliphatic heterocycles. The van der Waals surface area contributed by atoms with E-state index in [4.69, 9.17) is 4.52 Å². The van der Waals surface area contributed by atoms with Gasteiger partial charge in [0.1, 0.15) is 17.1 Å². The summed E-state index contributed by atoms with van der Waals surface area (Å²) in [4.78, 5) is 27.9. The molecule has 2 heterocycles. The number of halogens is 1. The van der Waals surface area contributed by atoms with Gasteiger partial charge in [-0.3, -0.25) is 9.59 Å². The summed E-state index contributed by atoms with van der Waals surface area (Å²) in [5.41, 5.74) is 1.95. The Balaban J connectivity index is 1.55. The highest BCUT2D eigenvalue weighted by Gasteiger charge is 2.42. The molecule has 0 radical (unpaired) electrons. The van der Waals surface area contributed by atoms with Crippen molar-refractivity contribution in [3.63, 3.8) is 0 Å². The van der Waals surface area contributed by atoms with Gasteiger partial charge in [0, 0.05) is 25.0 Å². The van der Waals surface area contributed by atoms with Crippen LogP contribution in [0.4, 0.5) is 4.39 Å². The summed E-state index contributed by atoms with van der Waals surface area (Å²) in [6.07, 6.45) is 3.29. The fourth-order valence-electron chi connectivity index (χ4n) is 4.74. The number of likely N-dealkylation sites (tertiary alicyclic amines) is 1.